The summed E-state index contributed by atoms with van der Waals surface area (Å²) >= 11 is 0. The third-order valence-corrected chi connectivity index (χ3v) is 6.17. The van der Waals surface area contributed by atoms with Gasteiger partial charge in [0.05, 0.1) is 12.5 Å². The highest BCUT2D eigenvalue weighted by atomic mass is 32.3. The van der Waals surface area contributed by atoms with Gasteiger partial charge in [0.25, 0.3) is 0 Å². The molecule has 0 aromatic heterocycles. The van der Waals surface area contributed by atoms with E-state index in [-0.39, 0.29) is 0 Å². The number of rotatable bonds is 5. The standard InChI is InChI=1S/C12H15NO5S2/c1-19(14,15)13-20(16,17)12(11-8-5-9-18-11)10-6-3-2-4-7-10/h2-7,9,11-13H,8H2,1H3. The fourth-order valence-corrected chi connectivity index (χ4v) is 5.29. The van der Waals surface area contributed by atoms with E-state index in [9.17, 15) is 16.8 Å². The zero-order valence-corrected chi connectivity index (χ0v) is 12.4. The number of sulfonamides is 2. The van der Waals surface area contributed by atoms with Gasteiger partial charge in [-0.15, -0.1) is 4.13 Å². The van der Waals surface area contributed by atoms with Gasteiger partial charge < -0.3 is 4.74 Å². The van der Waals surface area contributed by atoms with Crippen LogP contribution < -0.4 is 4.13 Å². The molecule has 0 saturated heterocycles. The third-order valence-electron chi connectivity index (χ3n) is 2.79. The van der Waals surface area contributed by atoms with E-state index in [1.54, 1.807) is 40.5 Å². The van der Waals surface area contributed by atoms with E-state index in [0.717, 1.165) is 6.26 Å². The first-order valence-electron chi connectivity index (χ1n) is 5.87. The van der Waals surface area contributed by atoms with Gasteiger partial charge in [0.1, 0.15) is 11.4 Å². The Morgan fingerprint density at radius 1 is 1.20 bits per heavy atom. The van der Waals surface area contributed by atoms with E-state index < -0.39 is 31.4 Å². The van der Waals surface area contributed by atoms with E-state index in [1.165, 1.54) is 6.26 Å². The monoisotopic (exact) mass is 317 g/mol. The van der Waals surface area contributed by atoms with Gasteiger partial charge in [-0.25, -0.2) is 16.8 Å². The number of ether oxygens (including phenoxy) is 1. The molecule has 0 saturated carbocycles. The number of hydrogen-bond donors (Lipinski definition) is 1. The van der Waals surface area contributed by atoms with Gasteiger partial charge in [-0.2, -0.15) is 0 Å². The van der Waals surface area contributed by atoms with Crippen LogP contribution in [0.5, 0.6) is 0 Å². The summed E-state index contributed by atoms with van der Waals surface area (Å²) in [4.78, 5) is 0. The predicted octanol–water partition coefficient (Wildman–Crippen LogP) is 0.909. The fourth-order valence-electron chi connectivity index (χ4n) is 2.10. The second kappa shape index (κ2) is 5.55. The maximum absolute atomic E-state index is 12.3. The Bertz CT molecular complexity index is 687. The van der Waals surface area contributed by atoms with Crippen molar-refractivity contribution >= 4 is 20.0 Å². The van der Waals surface area contributed by atoms with Crippen molar-refractivity contribution in [3.05, 3.63) is 48.2 Å². The maximum Gasteiger partial charge on any atom is 0.235 e. The molecule has 0 radical (unpaired) electrons. The Labute approximate surface area is 118 Å². The van der Waals surface area contributed by atoms with E-state index in [0.29, 0.717) is 12.0 Å². The summed E-state index contributed by atoms with van der Waals surface area (Å²) in [6.45, 7) is 0. The van der Waals surface area contributed by atoms with Crippen molar-refractivity contribution in [1.29, 1.82) is 0 Å². The van der Waals surface area contributed by atoms with Gasteiger partial charge in [-0.05, 0) is 11.6 Å². The second-order valence-electron chi connectivity index (χ2n) is 4.51. The summed E-state index contributed by atoms with van der Waals surface area (Å²) < 4.78 is 54.2. The largest absolute Gasteiger partial charge is 0.496 e. The molecule has 2 atom stereocenters. The Balaban J connectivity index is 2.42. The lowest BCUT2D eigenvalue weighted by Gasteiger charge is -2.23. The van der Waals surface area contributed by atoms with Crippen LogP contribution in [0.2, 0.25) is 0 Å². The molecule has 0 amide bonds. The van der Waals surface area contributed by atoms with E-state index in [1.807, 2.05) is 0 Å². The van der Waals surface area contributed by atoms with Crippen LogP contribution in [0.15, 0.2) is 42.7 Å². The molecule has 6 nitrogen and oxygen atoms in total. The Morgan fingerprint density at radius 3 is 2.35 bits per heavy atom. The van der Waals surface area contributed by atoms with Gasteiger partial charge >= 0.3 is 0 Å². The van der Waals surface area contributed by atoms with Crippen molar-refractivity contribution in [1.82, 2.24) is 4.13 Å². The Kier molecular flexibility index (Phi) is 4.17. The van der Waals surface area contributed by atoms with E-state index in [4.69, 9.17) is 4.74 Å². The minimum atomic E-state index is -4.12. The molecule has 20 heavy (non-hydrogen) atoms. The molecular formula is C12H15NO5S2. The van der Waals surface area contributed by atoms with Crippen LogP contribution in [-0.4, -0.2) is 29.2 Å². The molecule has 0 bridgehead atoms. The molecule has 1 aromatic rings. The van der Waals surface area contributed by atoms with Crippen molar-refractivity contribution in [2.45, 2.75) is 17.8 Å². The van der Waals surface area contributed by atoms with Crippen LogP contribution in [0.4, 0.5) is 0 Å². The molecule has 1 aliphatic heterocycles. The van der Waals surface area contributed by atoms with Crippen LogP contribution in [-0.2, 0) is 24.8 Å². The number of hydrogen-bond acceptors (Lipinski definition) is 5. The van der Waals surface area contributed by atoms with Gasteiger partial charge in [0.2, 0.25) is 20.0 Å². The van der Waals surface area contributed by atoms with Crippen LogP contribution in [0.1, 0.15) is 17.2 Å². The summed E-state index contributed by atoms with van der Waals surface area (Å²) in [5, 5.41) is -1.09. The highest BCUT2D eigenvalue weighted by Crippen LogP contribution is 2.32. The quantitative estimate of drug-likeness (QED) is 0.872. The topological polar surface area (TPSA) is 89.5 Å². The second-order valence-corrected chi connectivity index (χ2v) is 8.32. The molecule has 0 spiro atoms. The summed E-state index contributed by atoms with van der Waals surface area (Å²) in [7, 11) is -8.00. The van der Waals surface area contributed by atoms with Crippen molar-refractivity contribution in [2.24, 2.45) is 0 Å². The van der Waals surface area contributed by atoms with Gasteiger partial charge in [0.15, 0.2) is 0 Å². The lowest BCUT2D eigenvalue weighted by molar-refractivity contribution is 0.164. The highest BCUT2D eigenvalue weighted by molar-refractivity contribution is 8.04. The molecule has 1 heterocycles. The summed E-state index contributed by atoms with van der Waals surface area (Å²) in [5.74, 6) is 0. The van der Waals surface area contributed by atoms with Crippen LogP contribution >= 0.6 is 0 Å². The molecular weight excluding hydrogens is 302 g/mol. The van der Waals surface area contributed by atoms with Crippen LogP contribution in [0.25, 0.3) is 0 Å². The van der Waals surface area contributed by atoms with Crippen LogP contribution in [0, 0.1) is 0 Å². The zero-order chi connectivity index (χ0) is 14.8. The first kappa shape index (κ1) is 15.0. The summed E-state index contributed by atoms with van der Waals surface area (Å²) in [5.41, 5.74) is 0.484. The van der Waals surface area contributed by atoms with Crippen molar-refractivity contribution in [2.75, 3.05) is 6.26 Å². The number of nitrogens with one attached hydrogen (secondary N) is 1. The van der Waals surface area contributed by atoms with Crippen molar-refractivity contribution < 1.29 is 21.6 Å². The van der Waals surface area contributed by atoms with E-state index >= 15 is 0 Å². The fraction of sp³-hybridized carbons (Fsp3) is 0.333. The average molecular weight is 317 g/mol. The van der Waals surface area contributed by atoms with Crippen LogP contribution in [0.3, 0.4) is 0 Å². The number of benzene rings is 1. The zero-order valence-electron chi connectivity index (χ0n) is 10.8. The molecule has 2 rings (SSSR count). The summed E-state index contributed by atoms with van der Waals surface area (Å²) in [6.07, 6.45) is 3.70. The minimum absolute atomic E-state index is 0.407. The van der Waals surface area contributed by atoms with Gasteiger partial charge in [0, 0.05) is 6.42 Å². The first-order valence-corrected chi connectivity index (χ1v) is 9.31. The van der Waals surface area contributed by atoms with Crippen molar-refractivity contribution in [3.63, 3.8) is 0 Å². The molecule has 8 heteroatoms. The van der Waals surface area contributed by atoms with Crippen molar-refractivity contribution in [3.8, 4) is 0 Å². The van der Waals surface area contributed by atoms with E-state index in [2.05, 4.69) is 0 Å². The molecule has 0 aliphatic carbocycles. The SMILES string of the molecule is CS(=O)(=O)NS(=O)(=O)C(c1ccccc1)C1CC=CO1. The van der Waals surface area contributed by atoms with Gasteiger partial charge in [-0.3, -0.25) is 0 Å². The average Bonchev–Trinajstić information content (AvgIpc) is 2.80. The molecule has 110 valence electrons. The molecule has 1 N–H and O–H groups in total. The first-order chi connectivity index (χ1) is 9.30. The smallest absolute Gasteiger partial charge is 0.235 e. The lowest BCUT2D eigenvalue weighted by Crippen LogP contribution is -2.38. The molecule has 0 fully saturated rings. The highest BCUT2D eigenvalue weighted by Gasteiger charge is 2.38. The molecule has 1 aromatic carbocycles. The molecule has 1 aliphatic rings. The van der Waals surface area contributed by atoms with Gasteiger partial charge in [-0.1, -0.05) is 30.3 Å². The summed E-state index contributed by atoms with van der Waals surface area (Å²) in [6, 6.07) is 8.41. The lowest BCUT2D eigenvalue weighted by atomic mass is 10.1. The maximum atomic E-state index is 12.3. The normalized spacial score (nSPS) is 20.6. The third kappa shape index (κ3) is 3.59. The Morgan fingerprint density at radius 2 is 1.85 bits per heavy atom. The predicted molar refractivity (Wildman–Crippen MR) is 74.7 cm³/mol. The molecule has 2 unspecified atom stereocenters. The Hall–Kier alpha value is -1.38. The minimum Gasteiger partial charge on any atom is -0.496 e.